The first-order chi connectivity index (χ1) is 8.55. The van der Waals surface area contributed by atoms with Crippen molar-refractivity contribution in [2.75, 3.05) is 5.32 Å². The van der Waals surface area contributed by atoms with Crippen molar-refractivity contribution in [3.05, 3.63) is 30.1 Å². The molecule has 1 aliphatic carbocycles. The zero-order valence-electron chi connectivity index (χ0n) is 10.9. The summed E-state index contributed by atoms with van der Waals surface area (Å²) < 4.78 is 13.2. The quantitative estimate of drug-likeness (QED) is 0.857. The molecule has 0 spiro atoms. The lowest BCUT2D eigenvalue weighted by Crippen LogP contribution is -2.46. The molecule has 2 rings (SSSR count). The number of nitriles is 1. The fourth-order valence-corrected chi connectivity index (χ4v) is 2.85. The summed E-state index contributed by atoms with van der Waals surface area (Å²) in [6, 6.07) is 8.76. The van der Waals surface area contributed by atoms with Crippen molar-refractivity contribution in [3.63, 3.8) is 0 Å². The maximum atomic E-state index is 13.2. The van der Waals surface area contributed by atoms with Gasteiger partial charge in [0, 0.05) is 5.69 Å². The van der Waals surface area contributed by atoms with Crippen LogP contribution < -0.4 is 5.32 Å². The summed E-state index contributed by atoms with van der Waals surface area (Å²) in [6.45, 7) is 4.32. The van der Waals surface area contributed by atoms with E-state index in [2.05, 4.69) is 25.2 Å². The highest BCUT2D eigenvalue weighted by Gasteiger charge is 2.40. The van der Waals surface area contributed by atoms with Crippen LogP contribution in [0.25, 0.3) is 0 Å². The number of hydrogen-bond acceptors (Lipinski definition) is 2. The zero-order chi connectivity index (χ0) is 13.2. The van der Waals surface area contributed by atoms with Gasteiger partial charge in [0.1, 0.15) is 11.4 Å². The molecule has 3 atom stereocenters. The van der Waals surface area contributed by atoms with Crippen LogP contribution in [-0.2, 0) is 0 Å². The predicted octanol–water partition coefficient (Wildman–Crippen LogP) is 3.96. The van der Waals surface area contributed by atoms with Crippen LogP contribution in [0.5, 0.6) is 0 Å². The number of nitrogens with zero attached hydrogens (tertiary/aromatic N) is 1. The summed E-state index contributed by atoms with van der Waals surface area (Å²) in [5, 5.41) is 12.8. The average Bonchev–Trinajstić information content (AvgIpc) is 2.33. The van der Waals surface area contributed by atoms with Gasteiger partial charge in [0.05, 0.1) is 6.07 Å². The summed E-state index contributed by atoms with van der Waals surface area (Å²) in [4.78, 5) is 0. The van der Waals surface area contributed by atoms with Crippen LogP contribution in [0.2, 0.25) is 0 Å². The fourth-order valence-electron chi connectivity index (χ4n) is 2.85. The fraction of sp³-hybridized carbons (Fsp3) is 0.533. The highest BCUT2D eigenvalue weighted by atomic mass is 19.1. The molecule has 2 nitrogen and oxygen atoms in total. The summed E-state index contributed by atoms with van der Waals surface area (Å²) in [5.41, 5.74) is 0.137. The highest BCUT2D eigenvalue weighted by Crippen LogP contribution is 2.38. The number of nitrogens with one attached hydrogen (secondary N) is 1. The molecule has 0 radical (unpaired) electrons. The molecule has 1 aromatic rings. The molecule has 3 unspecified atom stereocenters. The molecule has 18 heavy (non-hydrogen) atoms. The Morgan fingerprint density at radius 2 is 2.22 bits per heavy atom. The van der Waals surface area contributed by atoms with Crippen molar-refractivity contribution < 1.29 is 4.39 Å². The summed E-state index contributed by atoms with van der Waals surface area (Å²) >= 11 is 0. The second-order valence-electron chi connectivity index (χ2n) is 5.50. The lowest BCUT2D eigenvalue weighted by molar-refractivity contribution is 0.229. The molecule has 0 amide bonds. The first kappa shape index (κ1) is 12.9. The Hall–Kier alpha value is -1.56. The monoisotopic (exact) mass is 246 g/mol. The average molecular weight is 246 g/mol. The largest absolute Gasteiger partial charge is 0.367 e. The molecule has 96 valence electrons. The standard InChI is InChI=1S/C15H19FN2/c1-11-6-7-15(10-17,12(2)8-11)18-14-5-3-4-13(16)9-14/h3-5,9,11-12,18H,6-8H2,1-2H3. The molecule has 3 heteroatoms. The molecule has 1 aliphatic rings. The molecule has 1 saturated carbocycles. The van der Waals surface area contributed by atoms with Crippen LogP contribution in [0.4, 0.5) is 10.1 Å². The second-order valence-corrected chi connectivity index (χ2v) is 5.50. The van der Waals surface area contributed by atoms with Crippen LogP contribution >= 0.6 is 0 Å². The Balaban J connectivity index is 2.21. The van der Waals surface area contributed by atoms with Gasteiger partial charge in [0.25, 0.3) is 0 Å². The SMILES string of the molecule is CC1CCC(C#N)(Nc2cccc(F)c2)C(C)C1. The Morgan fingerprint density at radius 1 is 1.44 bits per heavy atom. The third kappa shape index (κ3) is 2.48. The molecule has 0 saturated heterocycles. The maximum Gasteiger partial charge on any atom is 0.127 e. The van der Waals surface area contributed by atoms with Gasteiger partial charge in [-0.2, -0.15) is 5.26 Å². The number of hydrogen-bond donors (Lipinski definition) is 1. The third-order valence-corrected chi connectivity index (χ3v) is 4.02. The van der Waals surface area contributed by atoms with Gasteiger partial charge in [-0.3, -0.25) is 0 Å². The Labute approximate surface area is 108 Å². The van der Waals surface area contributed by atoms with Crippen LogP contribution in [0.3, 0.4) is 0 Å². The molecule has 1 N–H and O–H groups in total. The first-order valence-electron chi connectivity index (χ1n) is 6.51. The van der Waals surface area contributed by atoms with Gasteiger partial charge in [0.2, 0.25) is 0 Å². The van der Waals surface area contributed by atoms with Crippen molar-refractivity contribution in [2.24, 2.45) is 11.8 Å². The van der Waals surface area contributed by atoms with Crippen molar-refractivity contribution >= 4 is 5.69 Å². The lowest BCUT2D eigenvalue weighted by atomic mass is 9.70. The van der Waals surface area contributed by atoms with E-state index >= 15 is 0 Å². The van der Waals surface area contributed by atoms with E-state index in [-0.39, 0.29) is 11.7 Å². The van der Waals surface area contributed by atoms with E-state index in [9.17, 15) is 9.65 Å². The maximum absolute atomic E-state index is 13.2. The minimum Gasteiger partial charge on any atom is -0.367 e. The smallest absolute Gasteiger partial charge is 0.127 e. The molecular formula is C15H19FN2. The van der Waals surface area contributed by atoms with Gasteiger partial charge in [-0.25, -0.2) is 4.39 Å². The van der Waals surface area contributed by atoms with Gasteiger partial charge in [-0.05, 0) is 49.3 Å². The predicted molar refractivity (Wildman–Crippen MR) is 70.5 cm³/mol. The van der Waals surface area contributed by atoms with E-state index in [0.717, 1.165) is 19.3 Å². The van der Waals surface area contributed by atoms with Crippen molar-refractivity contribution in [3.8, 4) is 6.07 Å². The summed E-state index contributed by atoms with van der Waals surface area (Å²) in [6.07, 6.45) is 2.90. The molecule has 0 aromatic heterocycles. The number of halogens is 1. The van der Waals surface area contributed by atoms with Crippen molar-refractivity contribution in [1.82, 2.24) is 0 Å². The van der Waals surface area contributed by atoms with Gasteiger partial charge >= 0.3 is 0 Å². The summed E-state index contributed by atoms with van der Waals surface area (Å²) in [5.74, 6) is 0.662. The number of anilines is 1. The molecule has 0 aliphatic heterocycles. The van der Waals surface area contributed by atoms with E-state index < -0.39 is 5.54 Å². The van der Waals surface area contributed by atoms with Gasteiger partial charge in [-0.1, -0.05) is 19.9 Å². The van der Waals surface area contributed by atoms with E-state index in [1.165, 1.54) is 12.1 Å². The zero-order valence-corrected chi connectivity index (χ0v) is 10.9. The van der Waals surface area contributed by atoms with E-state index in [1.807, 2.05) is 6.07 Å². The normalized spacial score (nSPS) is 31.7. The topological polar surface area (TPSA) is 35.8 Å². The van der Waals surface area contributed by atoms with Crippen LogP contribution in [-0.4, -0.2) is 5.54 Å². The molecule has 1 fully saturated rings. The number of benzene rings is 1. The Kier molecular flexibility index (Phi) is 3.56. The Bertz CT molecular complexity index is 466. The molecular weight excluding hydrogens is 227 g/mol. The van der Waals surface area contributed by atoms with E-state index in [4.69, 9.17) is 0 Å². The van der Waals surface area contributed by atoms with E-state index in [1.54, 1.807) is 6.07 Å². The van der Waals surface area contributed by atoms with Crippen LogP contribution in [0, 0.1) is 29.0 Å². The van der Waals surface area contributed by atoms with Gasteiger partial charge in [0.15, 0.2) is 0 Å². The van der Waals surface area contributed by atoms with Crippen molar-refractivity contribution in [1.29, 1.82) is 5.26 Å². The van der Waals surface area contributed by atoms with Gasteiger partial charge < -0.3 is 5.32 Å². The molecule has 1 aromatic carbocycles. The number of rotatable bonds is 2. The van der Waals surface area contributed by atoms with Gasteiger partial charge in [-0.15, -0.1) is 0 Å². The minimum absolute atomic E-state index is 0.273. The minimum atomic E-state index is -0.555. The second kappa shape index (κ2) is 4.97. The highest BCUT2D eigenvalue weighted by molar-refractivity contribution is 5.48. The van der Waals surface area contributed by atoms with Crippen LogP contribution in [0.15, 0.2) is 24.3 Å². The third-order valence-electron chi connectivity index (χ3n) is 4.02. The van der Waals surface area contributed by atoms with E-state index in [0.29, 0.717) is 11.6 Å². The molecule has 0 heterocycles. The van der Waals surface area contributed by atoms with Crippen LogP contribution in [0.1, 0.15) is 33.1 Å². The first-order valence-corrected chi connectivity index (χ1v) is 6.51. The molecule has 0 bridgehead atoms. The Morgan fingerprint density at radius 3 is 2.83 bits per heavy atom. The summed E-state index contributed by atoms with van der Waals surface area (Å²) in [7, 11) is 0. The lowest BCUT2D eigenvalue weighted by Gasteiger charge is -2.40. The van der Waals surface area contributed by atoms with Crippen molar-refractivity contribution in [2.45, 2.75) is 38.6 Å².